The molecular formula is C18H29NO2. The van der Waals surface area contributed by atoms with Crippen LogP contribution in [0.15, 0.2) is 0 Å². The predicted octanol–water partition coefficient (Wildman–Crippen LogP) is 3.69. The molecule has 0 aromatic rings. The molecule has 0 amide bonds. The lowest BCUT2D eigenvalue weighted by molar-refractivity contribution is -0.159. The number of nitrogens with one attached hydrogen (secondary N) is 1. The molecule has 2 saturated heterocycles. The molecule has 0 aromatic heterocycles. The van der Waals surface area contributed by atoms with E-state index in [1.54, 1.807) is 6.21 Å². The smallest absolute Gasteiger partial charge is 0.0828 e. The first kappa shape index (κ1) is 14.2. The minimum Gasteiger partial charge on any atom is -0.390 e. The highest BCUT2D eigenvalue weighted by Gasteiger charge is 2.85. The van der Waals surface area contributed by atoms with Crippen molar-refractivity contribution in [3.63, 3.8) is 0 Å². The first-order valence-electron chi connectivity index (χ1n) is 8.81. The summed E-state index contributed by atoms with van der Waals surface area (Å²) >= 11 is 0. The Morgan fingerprint density at radius 1 is 1.24 bits per heavy atom. The summed E-state index contributed by atoms with van der Waals surface area (Å²) in [5.74, 6) is 0.595. The molecule has 0 radical (unpaired) electrons. The molecule has 2 aliphatic heterocycles. The molecule has 2 heterocycles. The van der Waals surface area contributed by atoms with Gasteiger partial charge in [0.15, 0.2) is 0 Å². The summed E-state index contributed by atoms with van der Waals surface area (Å²) in [5.41, 5.74) is -0.908. The summed E-state index contributed by atoms with van der Waals surface area (Å²) in [5, 5.41) is 19.1. The second kappa shape index (κ2) is 3.73. The molecule has 4 fully saturated rings. The highest BCUT2D eigenvalue weighted by Crippen LogP contribution is 2.82. The van der Waals surface area contributed by atoms with E-state index in [0.29, 0.717) is 5.92 Å². The molecule has 0 aromatic carbocycles. The zero-order valence-electron chi connectivity index (χ0n) is 13.7. The van der Waals surface area contributed by atoms with Crippen LogP contribution in [0.1, 0.15) is 72.1 Å². The van der Waals surface area contributed by atoms with Gasteiger partial charge in [-0.3, -0.25) is 0 Å². The molecular weight excluding hydrogens is 262 g/mol. The van der Waals surface area contributed by atoms with Crippen LogP contribution in [0.2, 0.25) is 0 Å². The molecule has 2 N–H and O–H groups in total. The van der Waals surface area contributed by atoms with E-state index in [0.717, 1.165) is 44.9 Å². The van der Waals surface area contributed by atoms with E-state index >= 15 is 0 Å². The number of fused-ring (bicyclic) bond motifs is 1. The Morgan fingerprint density at radius 3 is 2.62 bits per heavy atom. The zero-order chi connectivity index (χ0) is 15.1. The third kappa shape index (κ3) is 1.18. The number of ether oxygens (including phenoxy) is 1. The summed E-state index contributed by atoms with van der Waals surface area (Å²) in [6.07, 6.45) is 9.93. The van der Waals surface area contributed by atoms with Crippen molar-refractivity contribution in [1.29, 1.82) is 5.41 Å². The number of aliphatic hydroxyl groups is 1. The summed E-state index contributed by atoms with van der Waals surface area (Å²) in [7, 11) is 0. The van der Waals surface area contributed by atoms with Crippen molar-refractivity contribution >= 4 is 6.21 Å². The van der Waals surface area contributed by atoms with Crippen molar-refractivity contribution in [2.75, 3.05) is 0 Å². The molecule has 4 aliphatic rings. The molecule has 6 atom stereocenters. The molecule has 2 bridgehead atoms. The molecule has 2 unspecified atom stereocenters. The maximum atomic E-state index is 10.7. The van der Waals surface area contributed by atoms with Crippen molar-refractivity contribution in [2.45, 2.75) is 88.9 Å². The highest BCUT2D eigenvalue weighted by atomic mass is 16.5. The Labute approximate surface area is 128 Å². The Kier molecular flexibility index (Phi) is 2.52. The van der Waals surface area contributed by atoms with Crippen molar-refractivity contribution < 1.29 is 9.84 Å². The van der Waals surface area contributed by atoms with E-state index in [1.807, 2.05) is 6.92 Å². The molecule has 2 aliphatic carbocycles. The summed E-state index contributed by atoms with van der Waals surface area (Å²) in [6, 6.07) is 0. The number of hydrogen-bond donors (Lipinski definition) is 2. The van der Waals surface area contributed by atoms with Gasteiger partial charge < -0.3 is 15.3 Å². The fourth-order valence-electron chi connectivity index (χ4n) is 7.52. The molecule has 3 heteroatoms. The second-order valence-corrected chi connectivity index (χ2v) is 8.50. The molecule has 4 rings (SSSR count). The lowest BCUT2D eigenvalue weighted by Crippen LogP contribution is -2.63. The van der Waals surface area contributed by atoms with E-state index in [2.05, 4.69) is 13.8 Å². The largest absolute Gasteiger partial charge is 0.390 e. The zero-order valence-corrected chi connectivity index (χ0v) is 13.7. The van der Waals surface area contributed by atoms with Gasteiger partial charge >= 0.3 is 0 Å². The van der Waals surface area contributed by atoms with Gasteiger partial charge in [0, 0.05) is 23.5 Å². The van der Waals surface area contributed by atoms with Gasteiger partial charge in [0.2, 0.25) is 0 Å². The van der Waals surface area contributed by atoms with Gasteiger partial charge in [-0.25, -0.2) is 0 Å². The van der Waals surface area contributed by atoms with E-state index < -0.39 is 5.60 Å². The normalized spacial score (nSPS) is 61.0. The van der Waals surface area contributed by atoms with Gasteiger partial charge in [0.05, 0.1) is 16.8 Å². The van der Waals surface area contributed by atoms with Crippen LogP contribution >= 0.6 is 0 Å². The maximum Gasteiger partial charge on any atom is 0.0828 e. The molecule has 118 valence electrons. The van der Waals surface area contributed by atoms with E-state index in [9.17, 15) is 5.11 Å². The van der Waals surface area contributed by atoms with Gasteiger partial charge in [-0.1, -0.05) is 13.8 Å². The third-order valence-corrected chi connectivity index (χ3v) is 8.11. The fourth-order valence-corrected chi connectivity index (χ4v) is 7.52. The van der Waals surface area contributed by atoms with Crippen LogP contribution in [0.4, 0.5) is 0 Å². The van der Waals surface area contributed by atoms with Crippen LogP contribution in [0.5, 0.6) is 0 Å². The Hall–Kier alpha value is -0.410. The predicted molar refractivity (Wildman–Crippen MR) is 82.6 cm³/mol. The molecule has 1 spiro atoms. The van der Waals surface area contributed by atoms with Crippen LogP contribution in [-0.2, 0) is 4.74 Å². The maximum absolute atomic E-state index is 10.7. The lowest BCUT2D eigenvalue weighted by Gasteiger charge is -2.59. The third-order valence-electron chi connectivity index (χ3n) is 8.11. The highest BCUT2D eigenvalue weighted by molar-refractivity contribution is 5.70. The van der Waals surface area contributed by atoms with Crippen LogP contribution in [0, 0.1) is 22.2 Å². The Balaban J connectivity index is 1.95. The van der Waals surface area contributed by atoms with Crippen molar-refractivity contribution in [3.05, 3.63) is 0 Å². The van der Waals surface area contributed by atoms with Crippen LogP contribution in [-0.4, -0.2) is 28.1 Å². The summed E-state index contributed by atoms with van der Waals surface area (Å²) in [4.78, 5) is 0. The van der Waals surface area contributed by atoms with Crippen LogP contribution in [0.3, 0.4) is 0 Å². The monoisotopic (exact) mass is 291 g/mol. The first-order chi connectivity index (χ1) is 9.87. The second-order valence-electron chi connectivity index (χ2n) is 8.50. The van der Waals surface area contributed by atoms with E-state index in [4.69, 9.17) is 10.1 Å². The van der Waals surface area contributed by atoms with Crippen LogP contribution < -0.4 is 0 Å². The number of rotatable bonds is 3. The average Bonchev–Trinajstić information content (AvgIpc) is 2.94. The quantitative estimate of drug-likeness (QED) is 0.779. The van der Waals surface area contributed by atoms with Gasteiger partial charge in [0.1, 0.15) is 0 Å². The van der Waals surface area contributed by atoms with Gasteiger partial charge in [-0.2, -0.15) is 0 Å². The van der Waals surface area contributed by atoms with Crippen molar-refractivity contribution in [3.8, 4) is 0 Å². The van der Waals surface area contributed by atoms with Gasteiger partial charge in [0.25, 0.3) is 0 Å². The van der Waals surface area contributed by atoms with E-state index in [1.165, 1.54) is 6.42 Å². The topological polar surface area (TPSA) is 53.3 Å². The SMILES string of the molecule is CCC12CCC(C)(O)C[C@@]13C[C@H]1CC[C@@]2(C=N)[C@@]1(CC)O3. The molecule has 21 heavy (non-hydrogen) atoms. The summed E-state index contributed by atoms with van der Waals surface area (Å²) < 4.78 is 6.90. The Bertz CT molecular complexity index is 503. The number of hydrogen-bond acceptors (Lipinski definition) is 3. The fraction of sp³-hybridized carbons (Fsp3) is 0.944. The van der Waals surface area contributed by atoms with Crippen molar-refractivity contribution in [2.24, 2.45) is 16.7 Å². The van der Waals surface area contributed by atoms with Crippen molar-refractivity contribution in [1.82, 2.24) is 0 Å². The first-order valence-corrected chi connectivity index (χ1v) is 8.81. The molecule has 3 nitrogen and oxygen atoms in total. The van der Waals surface area contributed by atoms with Crippen LogP contribution in [0.25, 0.3) is 0 Å². The standard InChI is InChI=1S/C18H29NO2/c1-4-15-9-8-14(3,20)11-17(15)10-13-6-7-16(15,12-19)18(13,5-2)21-17/h12-13,19-20H,4-11H2,1-3H3/t13-,14?,15?,16+,17+,18+/m1/s1. The summed E-state index contributed by atoms with van der Waals surface area (Å²) in [6.45, 7) is 6.51. The molecule has 2 saturated carbocycles. The van der Waals surface area contributed by atoms with Gasteiger partial charge in [-0.15, -0.1) is 0 Å². The minimum atomic E-state index is -0.602. The Morgan fingerprint density at radius 2 is 2.00 bits per heavy atom. The van der Waals surface area contributed by atoms with Gasteiger partial charge in [-0.05, 0) is 57.8 Å². The minimum absolute atomic E-state index is 0.0764. The average molecular weight is 291 g/mol. The van der Waals surface area contributed by atoms with E-state index in [-0.39, 0.29) is 22.0 Å². The lowest BCUT2D eigenvalue weighted by atomic mass is 9.42.